The zero-order valence-corrected chi connectivity index (χ0v) is 11.3. The first-order valence-corrected chi connectivity index (χ1v) is 6.84. The van der Waals surface area contributed by atoms with Gasteiger partial charge in [-0.05, 0) is 19.1 Å². The van der Waals surface area contributed by atoms with Gasteiger partial charge in [0.05, 0.1) is 11.4 Å². The van der Waals surface area contributed by atoms with Gasteiger partial charge in [0.1, 0.15) is 6.54 Å². The summed E-state index contributed by atoms with van der Waals surface area (Å²) in [5, 5.41) is 3.66. The van der Waals surface area contributed by atoms with E-state index in [1.807, 2.05) is 36.1 Å². The zero-order valence-electron chi connectivity index (χ0n) is 10.5. The van der Waals surface area contributed by atoms with Gasteiger partial charge in [-0.25, -0.2) is 4.98 Å². The van der Waals surface area contributed by atoms with Crippen molar-refractivity contribution in [2.45, 2.75) is 13.0 Å². The van der Waals surface area contributed by atoms with Crippen LogP contribution >= 0.6 is 11.3 Å². The number of rotatable bonds is 2. The molecule has 0 aliphatic carbocycles. The first-order valence-electron chi connectivity index (χ1n) is 6.03. The highest BCUT2D eigenvalue weighted by molar-refractivity contribution is 7.15. The van der Waals surface area contributed by atoms with Crippen molar-refractivity contribution in [2.24, 2.45) is 5.73 Å². The Morgan fingerprint density at radius 3 is 3.00 bits per heavy atom. The number of aromatic nitrogens is 1. The molecule has 0 saturated carbocycles. The van der Waals surface area contributed by atoms with Gasteiger partial charge in [-0.1, -0.05) is 23.5 Å². The average molecular weight is 274 g/mol. The fourth-order valence-corrected chi connectivity index (χ4v) is 2.90. The van der Waals surface area contributed by atoms with Crippen molar-refractivity contribution >= 4 is 33.8 Å². The van der Waals surface area contributed by atoms with Gasteiger partial charge in [0.2, 0.25) is 5.91 Å². The number of thiazole rings is 1. The molecule has 0 spiro atoms. The number of nitrogens with zero attached hydrogens (tertiary/aromatic N) is 2. The molecule has 1 aliphatic rings. The summed E-state index contributed by atoms with van der Waals surface area (Å²) in [6.07, 6.45) is 1.78. The topological polar surface area (TPSA) is 71.2 Å². The van der Waals surface area contributed by atoms with Crippen LogP contribution in [-0.2, 0) is 4.79 Å². The highest BCUT2D eigenvalue weighted by Gasteiger charge is 2.25. The van der Waals surface area contributed by atoms with E-state index in [9.17, 15) is 4.79 Å². The average Bonchev–Trinajstić information content (AvgIpc) is 2.87. The number of nitrogens with one attached hydrogen (secondary N) is 1. The van der Waals surface area contributed by atoms with Gasteiger partial charge in [-0.2, -0.15) is 0 Å². The molecule has 2 heterocycles. The molecule has 2 aromatic rings. The van der Waals surface area contributed by atoms with Gasteiger partial charge in [0.25, 0.3) is 0 Å². The largest absolute Gasteiger partial charge is 0.323 e. The number of hydrogen-bond acceptors (Lipinski definition) is 5. The fourth-order valence-electron chi connectivity index (χ4n) is 2.02. The quantitative estimate of drug-likeness (QED) is 0.881. The van der Waals surface area contributed by atoms with Crippen LogP contribution in [0.5, 0.6) is 0 Å². The molecule has 1 aromatic carbocycles. The van der Waals surface area contributed by atoms with Crippen molar-refractivity contribution in [3.63, 3.8) is 0 Å². The molecule has 1 aromatic heterocycles. The number of nitrogens with two attached hydrogens (primary N) is 1. The van der Waals surface area contributed by atoms with Crippen molar-refractivity contribution in [1.82, 2.24) is 4.98 Å². The Kier molecular flexibility index (Phi) is 2.96. The maximum Gasteiger partial charge on any atom is 0.244 e. The van der Waals surface area contributed by atoms with Crippen LogP contribution < -0.4 is 16.0 Å². The molecule has 0 bridgehead atoms. The first-order chi connectivity index (χ1) is 9.15. The third-order valence-electron chi connectivity index (χ3n) is 2.96. The van der Waals surface area contributed by atoms with Crippen molar-refractivity contribution in [3.8, 4) is 0 Å². The number of hydrogen-bond donors (Lipinski definition) is 2. The predicted octanol–water partition coefficient (Wildman–Crippen LogP) is 2.25. The molecule has 6 heteroatoms. The van der Waals surface area contributed by atoms with E-state index in [0.717, 1.165) is 21.4 Å². The minimum Gasteiger partial charge on any atom is -0.323 e. The van der Waals surface area contributed by atoms with Gasteiger partial charge >= 0.3 is 0 Å². The molecule has 1 aliphatic heterocycles. The van der Waals surface area contributed by atoms with Crippen LogP contribution in [0.4, 0.5) is 16.5 Å². The summed E-state index contributed by atoms with van der Waals surface area (Å²) in [5.74, 6) is -0.0313. The molecule has 1 unspecified atom stereocenters. The normalized spacial score (nSPS) is 15.9. The Labute approximate surface area is 115 Å². The van der Waals surface area contributed by atoms with E-state index in [-0.39, 0.29) is 18.5 Å². The number of para-hydroxylation sites is 2. The lowest BCUT2D eigenvalue weighted by molar-refractivity contribution is -0.115. The second-order valence-electron chi connectivity index (χ2n) is 4.49. The van der Waals surface area contributed by atoms with E-state index < -0.39 is 0 Å². The minimum absolute atomic E-state index is 0.0313. The van der Waals surface area contributed by atoms with Crippen LogP contribution in [0.15, 0.2) is 30.5 Å². The van der Waals surface area contributed by atoms with Crippen LogP contribution in [0.2, 0.25) is 0 Å². The Morgan fingerprint density at radius 2 is 2.26 bits per heavy atom. The number of anilines is 3. The van der Waals surface area contributed by atoms with Crippen LogP contribution in [0.1, 0.15) is 17.8 Å². The van der Waals surface area contributed by atoms with Crippen molar-refractivity contribution < 1.29 is 4.79 Å². The van der Waals surface area contributed by atoms with E-state index in [4.69, 9.17) is 5.73 Å². The van der Waals surface area contributed by atoms with Crippen LogP contribution in [0.3, 0.4) is 0 Å². The number of carbonyl (C=O) groups is 1. The summed E-state index contributed by atoms with van der Waals surface area (Å²) in [6.45, 7) is 2.21. The third-order valence-corrected chi connectivity index (χ3v) is 4.18. The molecule has 19 heavy (non-hydrogen) atoms. The summed E-state index contributed by atoms with van der Waals surface area (Å²) in [5.41, 5.74) is 7.63. The minimum atomic E-state index is -0.0416. The molecule has 98 valence electrons. The summed E-state index contributed by atoms with van der Waals surface area (Å²) < 4.78 is 0. The molecule has 5 nitrogen and oxygen atoms in total. The van der Waals surface area contributed by atoms with Crippen LogP contribution in [0.25, 0.3) is 0 Å². The van der Waals surface area contributed by atoms with Gasteiger partial charge in [-0.3, -0.25) is 4.79 Å². The summed E-state index contributed by atoms with van der Waals surface area (Å²) >= 11 is 1.52. The summed E-state index contributed by atoms with van der Waals surface area (Å²) in [6, 6.07) is 7.67. The lowest BCUT2D eigenvalue weighted by atomic mass is 10.2. The first kappa shape index (κ1) is 12.1. The fraction of sp³-hybridized carbons (Fsp3) is 0.231. The predicted molar refractivity (Wildman–Crippen MR) is 76.8 cm³/mol. The molecular weight excluding hydrogens is 260 g/mol. The van der Waals surface area contributed by atoms with Gasteiger partial charge in [-0.15, -0.1) is 0 Å². The number of fused-ring (bicyclic) bond motifs is 1. The monoisotopic (exact) mass is 274 g/mol. The van der Waals surface area contributed by atoms with E-state index in [1.54, 1.807) is 6.20 Å². The van der Waals surface area contributed by atoms with Crippen LogP contribution in [0, 0.1) is 0 Å². The summed E-state index contributed by atoms with van der Waals surface area (Å²) in [4.78, 5) is 19.1. The smallest absolute Gasteiger partial charge is 0.244 e. The highest BCUT2D eigenvalue weighted by atomic mass is 32.1. The van der Waals surface area contributed by atoms with Gasteiger partial charge in [0.15, 0.2) is 5.13 Å². The third kappa shape index (κ3) is 2.20. The van der Waals surface area contributed by atoms with Crippen molar-refractivity contribution in [2.75, 3.05) is 16.8 Å². The van der Waals surface area contributed by atoms with Crippen molar-refractivity contribution in [3.05, 3.63) is 35.3 Å². The van der Waals surface area contributed by atoms with E-state index in [0.29, 0.717) is 0 Å². The molecule has 3 N–H and O–H groups in total. The number of benzene rings is 1. The Balaban J connectivity index is 2.02. The standard InChI is InChI=1S/C13H14N4OS/c1-8(14)11-6-15-13(19-11)17-7-12(18)16-9-4-2-3-5-10(9)17/h2-6,8H,7,14H2,1H3,(H,16,18). The van der Waals surface area contributed by atoms with Gasteiger partial charge < -0.3 is 16.0 Å². The SMILES string of the molecule is CC(N)c1cnc(N2CC(=O)Nc3ccccc32)s1. The van der Waals surface area contributed by atoms with E-state index in [1.165, 1.54) is 11.3 Å². The molecule has 1 amide bonds. The second kappa shape index (κ2) is 4.64. The van der Waals surface area contributed by atoms with Crippen LogP contribution in [-0.4, -0.2) is 17.4 Å². The zero-order chi connectivity index (χ0) is 13.4. The Hall–Kier alpha value is -1.92. The summed E-state index contributed by atoms with van der Waals surface area (Å²) in [7, 11) is 0. The second-order valence-corrected chi connectivity index (χ2v) is 5.53. The molecular formula is C13H14N4OS. The lowest BCUT2D eigenvalue weighted by Crippen LogP contribution is -2.34. The molecule has 0 fully saturated rings. The number of carbonyl (C=O) groups excluding carboxylic acids is 1. The Morgan fingerprint density at radius 1 is 1.47 bits per heavy atom. The lowest BCUT2D eigenvalue weighted by Gasteiger charge is -2.28. The Bertz CT molecular complexity index is 623. The maximum absolute atomic E-state index is 11.7. The molecule has 1 atom stereocenters. The van der Waals surface area contributed by atoms with E-state index in [2.05, 4.69) is 10.3 Å². The molecule has 0 saturated heterocycles. The van der Waals surface area contributed by atoms with E-state index >= 15 is 0 Å². The highest BCUT2D eigenvalue weighted by Crippen LogP contribution is 2.37. The molecule has 3 rings (SSSR count). The maximum atomic E-state index is 11.7. The van der Waals surface area contributed by atoms with Gasteiger partial charge in [0, 0.05) is 17.1 Å². The van der Waals surface area contributed by atoms with Crippen molar-refractivity contribution in [1.29, 1.82) is 0 Å². The molecule has 0 radical (unpaired) electrons. The number of amides is 1.